The van der Waals surface area contributed by atoms with E-state index < -0.39 is 4.32 Å². The van der Waals surface area contributed by atoms with E-state index in [2.05, 4.69) is 26.2 Å². The van der Waals surface area contributed by atoms with Crippen LogP contribution in [0.4, 0.5) is 5.13 Å². The lowest BCUT2D eigenvalue weighted by Crippen LogP contribution is -2.30. The Labute approximate surface area is 100 Å². The first kappa shape index (κ1) is 12.3. The van der Waals surface area contributed by atoms with Gasteiger partial charge < -0.3 is 5.32 Å². The van der Waals surface area contributed by atoms with E-state index in [4.69, 9.17) is 0 Å². The molecule has 6 heteroatoms. The van der Waals surface area contributed by atoms with Crippen LogP contribution < -0.4 is 5.32 Å². The molecule has 1 heterocycles. The van der Waals surface area contributed by atoms with Crippen molar-refractivity contribution in [3.05, 3.63) is 11.1 Å². The zero-order chi connectivity index (χ0) is 11.6. The van der Waals surface area contributed by atoms with Crippen molar-refractivity contribution in [3.8, 4) is 0 Å². The van der Waals surface area contributed by atoms with Crippen LogP contribution in [-0.4, -0.2) is 21.0 Å². The van der Waals surface area contributed by atoms with Gasteiger partial charge in [0, 0.05) is 12.3 Å². The van der Waals surface area contributed by atoms with Gasteiger partial charge in [-0.1, -0.05) is 15.9 Å². The molecule has 0 radical (unpaired) electrons. The van der Waals surface area contributed by atoms with Gasteiger partial charge in [0.25, 0.3) is 0 Å². The zero-order valence-electron chi connectivity index (χ0n) is 8.63. The fourth-order valence-corrected chi connectivity index (χ4v) is 1.58. The minimum Gasteiger partial charge on any atom is -0.301 e. The molecule has 0 spiro atoms. The van der Waals surface area contributed by atoms with Crippen LogP contribution in [0, 0.1) is 0 Å². The molecule has 0 aliphatic rings. The number of halogens is 1. The predicted molar refractivity (Wildman–Crippen MR) is 63.8 cm³/mol. The molecule has 0 bridgehead atoms. The van der Waals surface area contributed by atoms with Gasteiger partial charge in [0.15, 0.2) is 10.9 Å². The monoisotopic (exact) mass is 290 g/mol. The second-order valence-electron chi connectivity index (χ2n) is 3.52. The minimum atomic E-state index is -0.644. The summed E-state index contributed by atoms with van der Waals surface area (Å²) in [6.45, 7) is 4.92. The number of thiazole rings is 1. The number of Topliss-reactive ketones (excluding diaryl/α,β-unsaturated/α-hetero) is 1. The second-order valence-corrected chi connectivity index (χ2v) is 6.36. The molecule has 82 valence electrons. The Hall–Kier alpha value is -0.750. The van der Waals surface area contributed by atoms with Crippen LogP contribution in [0.2, 0.25) is 0 Å². The molecule has 1 aromatic rings. The van der Waals surface area contributed by atoms with E-state index in [1.165, 1.54) is 18.3 Å². The van der Waals surface area contributed by atoms with Crippen molar-refractivity contribution in [1.29, 1.82) is 0 Å². The fraction of sp³-hybridized carbons (Fsp3) is 0.444. The molecule has 0 aliphatic heterocycles. The number of nitrogens with zero attached hydrogens (tertiary/aromatic N) is 1. The lowest BCUT2D eigenvalue weighted by molar-refractivity contribution is -0.117. The third kappa shape index (κ3) is 3.39. The maximum atomic E-state index is 11.5. The average Bonchev–Trinajstić information content (AvgIpc) is 2.50. The normalized spacial score (nSPS) is 11.2. The van der Waals surface area contributed by atoms with Crippen LogP contribution >= 0.6 is 27.3 Å². The maximum Gasteiger partial charge on any atom is 0.242 e. The molecule has 0 atom stereocenters. The van der Waals surface area contributed by atoms with Gasteiger partial charge in [-0.05, 0) is 13.8 Å². The first-order valence-corrected chi connectivity index (χ1v) is 5.95. The van der Waals surface area contributed by atoms with Gasteiger partial charge >= 0.3 is 0 Å². The topological polar surface area (TPSA) is 59.1 Å². The molecule has 0 saturated heterocycles. The van der Waals surface area contributed by atoms with E-state index in [1.807, 2.05) is 0 Å². The Kier molecular flexibility index (Phi) is 3.62. The van der Waals surface area contributed by atoms with Crippen molar-refractivity contribution in [2.45, 2.75) is 25.1 Å². The Morgan fingerprint density at radius 2 is 2.13 bits per heavy atom. The van der Waals surface area contributed by atoms with E-state index in [-0.39, 0.29) is 11.7 Å². The van der Waals surface area contributed by atoms with Crippen molar-refractivity contribution >= 4 is 44.1 Å². The van der Waals surface area contributed by atoms with Crippen molar-refractivity contribution < 1.29 is 9.59 Å². The molecule has 1 aromatic heterocycles. The largest absolute Gasteiger partial charge is 0.301 e. The Morgan fingerprint density at radius 3 is 2.53 bits per heavy atom. The number of carbonyl (C=O) groups excluding carboxylic acids is 2. The van der Waals surface area contributed by atoms with Crippen LogP contribution in [-0.2, 0) is 4.79 Å². The number of rotatable bonds is 3. The lowest BCUT2D eigenvalue weighted by atomic mass is 10.2. The molecule has 1 rings (SSSR count). The van der Waals surface area contributed by atoms with E-state index >= 15 is 0 Å². The van der Waals surface area contributed by atoms with E-state index in [1.54, 1.807) is 19.2 Å². The van der Waals surface area contributed by atoms with Gasteiger partial charge in [0.05, 0.1) is 4.32 Å². The summed E-state index contributed by atoms with van der Waals surface area (Å²) < 4.78 is -0.644. The number of alkyl halides is 1. The standard InChI is InChI=1S/C9H11BrN2O2S/c1-5(13)6-4-15-8(11-6)12-7(14)9(2,3)10/h4H,1-3H3,(H,11,12,14). The van der Waals surface area contributed by atoms with Gasteiger partial charge in [-0.25, -0.2) is 4.98 Å². The molecule has 0 fully saturated rings. The average molecular weight is 291 g/mol. The van der Waals surface area contributed by atoms with E-state index in [0.29, 0.717) is 10.8 Å². The Bertz CT molecular complexity index is 395. The van der Waals surface area contributed by atoms with Crippen molar-refractivity contribution in [2.24, 2.45) is 0 Å². The molecule has 4 nitrogen and oxygen atoms in total. The van der Waals surface area contributed by atoms with Gasteiger partial charge in [-0.15, -0.1) is 11.3 Å². The molecule has 0 saturated carbocycles. The van der Waals surface area contributed by atoms with Crippen LogP contribution in [0.3, 0.4) is 0 Å². The lowest BCUT2D eigenvalue weighted by Gasteiger charge is -2.13. The molecule has 0 aromatic carbocycles. The highest BCUT2D eigenvalue weighted by molar-refractivity contribution is 9.10. The summed E-state index contributed by atoms with van der Waals surface area (Å²) in [7, 11) is 0. The molecular formula is C9H11BrN2O2S. The summed E-state index contributed by atoms with van der Waals surface area (Å²) in [6, 6.07) is 0. The number of aromatic nitrogens is 1. The SMILES string of the molecule is CC(=O)c1csc(NC(=O)C(C)(C)Br)n1. The summed E-state index contributed by atoms with van der Waals surface area (Å²) in [4.78, 5) is 26.5. The summed E-state index contributed by atoms with van der Waals surface area (Å²) in [6.07, 6.45) is 0. The van der Waals surface area contributed by atoms with Crippen LogP contribution in [0.25, 0.3) is 0 Å². The quantitative estimate of drug-likeness (QED) is 0.687. The maximum absolute atomic E-state index is 11.5. The number of anilines is 1. The highest BCUT2D eigenvalue weighted by atomic mass is 79.9. The molecule has 15 heavy (non-hydrogen) atoms. The molecule has 0 unspecified atom stereocenters. The van der Waals surface area contributed by atoms with Crippen molar-refractivity contribution in [3.63, 3.8) is 0 Å². The highest BCUT2D eigenvalue weighted by Gasteiger charge is 2.24. The number of hydrogen-bond acceptors (Lipinski definition) is 4. The zero-order valence-corrected chi connectivity index (χ0v) is 11.0. The number of ketones is 1. The summed E-state index contributed by atoms with van der Waals surface area (Å²) >= 11 is 4.47. The second kappa shape index (κ2) is 4.40. The van der Waals surface area contributed by atoms with E-state index in [9.17, 15) is 9.59 Å². The third-order valence-corrected chi connectivity index (χ3v) is 2.74. The van der Waals surface area contributed by atoms with Crippen LogP contribution in [0.5, 0.6) is 0 Å². The molecule has 1 amide bonds. The smallest absolute Gasteiger partial charge is 0.242 e. The van der Waals surface area contributed by atoms with Crippen molar-refractivity contribution in [2.75, 3.05) is 5.32 Å². The highest BCUT2D eigenvalue weighted by Crippen LogP contribution is 2.21. The van der Waals surface area contributed by atoms with Crippen LogP contribution in [0.1, 0.15) is 31.3 Å². The van der Waals surface area contributed by atoms with Gasteiger partial charge in [-0.2, -0.15) is 0 Å². The first-order valence-electron chi connectivity index (χ1n) is 4.27. The summed E-state index contributed by atoms with van der Waals surface area (Å²) in [5, 5.41) is 4.69. The van der Waals surface area contributed by atoms with Gasteiger partial charge in [0.2, 0.25) is 5.91 Å². The minimum absolute atomic E-state index is 0.107. The number of carbonyl (C=O) groups is 2. The summed E-state index contributed by atoms with van der Waals surface area (Å²) in [5.41, 5.74) is 0.377. The summed E-state index contributed by atoms with van der Waals surface area (Å²) in [5.74, 6) is -0.295. The van der Waals surface area contributed by atoms with Crippen molar-refractivity contribution in [1.82, 2.24) is 4.98 Å². The Morgan fingerprint density at radius 1 is 1.53 bits per heavy atom. The fourth-order valence-electron chi connectivity index (χ4n) is 0.739. The van der Waals surface area contributed by atoms with Crippen LogP contribution in [0.15, 0.2) is 5.38 Å². The molecule has 1 N–H and O–H groups in total. The van der Waals surface area contributed by atoms with E-state index in [0.717, 1.165) is 0 Å². The Balaban J connectivity index is 2.74. The van der Waals surface area contributed by atoms with Gasteiger partial charge in [-0.3, -0.25) is 9.59 Å². The molecule has 0 aliphatic carbocycles. The number of amides is 1. The first-order chi connectivity index (χ1) is 6.80. The van der Waals surface area contributed by atoms with Gasteiger partial charge in [0.1, 0.15) is 5.69 Å². The molecular weight excluding hydrogens is 280 g/mol. The predicted octanol–water partition coefficient (Wildman–Crippen LogP) is 2.46. The number of nitrogens with one attached hydrogen (secondary N) is 1. The third-order valence-electron chi connectivity index (χ3n) is 1.63. The number of hydrogen-bond donors (Lipinski definition) is 1.